The van der Waals surface area contributed by atoms with E-state index in [4.69, 9.17) is 4.98 Å². The van der Waals surface area contributed by atoms with Crippen LogP contribution in [0, 0.1) is 5.92 Å². The molecule has 3 heterocycles. The number of rotatable bonds is 7. The van der Waals surface area contributed by atoms with E-state index in [9.17, 15) is 5.11 Å². The second-order valence-corrected chi connectivity index (χ2v) is 8.92. The van der Waals surface area contributed by atoms with Crippen molar-refractivity contribution in [2.75, 3.05) is 43.4 Å². The summed E-state index contributed by atoms with van der Waals surface area (Å²) in [4.78, 5) is 7.30. The molecule has 8 heteroatoms. The normalized spacial score (nSPS) is 23.8. The largest absolute Gasteiger partial charge is 0.396 e. The molecular weight excluding hydrogens is 420 g/mol. The lowest BCUT2D eigenvalue weighted by Gasteiger charge is -2.31. The molecule has 0 aromatic carbocycles. The van der Waals surface area contributed by atoms with Crippen LogP contribution in [0.1, 0.15) is 44.9 Å². The Labute approximate surface area is 175 Å². The number of anilines is 2. The standard InChI is InChI=1S/C20H31BrN6O/c21-16-13-23-27-19(22-8-11-26-9-4-1-5-10-26)12-18(25-20(16)27)24-17-7-3-2-6-15(17)14-28/h12-13,15,17,22,28H,1-11,14H2,(H,24,25)/t15-,17-/m0/s1. The average Bonchev–Trinajstić information content (AvgIpc) is 3.10. The molecule has 2 aromatic heterocycles. The maximum atomic E-state index is 9.72. The van der Waals surface area contributed by atoms with Gasteiger partial charge in [-0.05, 0) is 54.7 Å². The second kappa shape index (κ2) is 9.41. The average molecular weight is 451 g/mol. The van der Waals surface area contributed by atoms with Gasteiger partial charge in [0, 0.05) is 37.7 Å². The van der Waals surface area contributed by atoms with Crippen LogP contribution in [-0.4, -0.2) is 63.4 Å². The lowest BCUT2D eigenvalue weighted by molar-refractivity contribution is 0.178. The van der Waals surface area contributed by atoms with E-state index >= 15 is 0 Å². The van der Waals surface area contributed by atoms with Gasteiger partial charge in [-0.3, -0.25) is 0 Å². The van der Waals surface area contributed by atoms with Crippen molar-refractivity contribution in [1.29, 1.82) is 0 Å². The number of hydrogen-bond acceptors (Lipinski definition) is 6. The van der Waals surface area contributed by atoms with Gasteiger partial charge in [0.05, 0.1) is 10.7 Å². The highest BCUT2D eigenvalue weighted by Gasteiger charge is 2.25. The van der Waals surface area contributed by atoms with Crippen molar-refractivity contribution in [3.05, 3.63) is 16.7 Å². The van der Waals surface area contributed by atoms with E-state index in [1.807, 2.05) is 10.6 Å². The maximum absolute atomic E-state index is 9.72. The molecule has 1 saturated carbocycles. The molecule has 2 aliphatic rings. The molecular formula is C20H31BrN6O. The zero-order chi connectivity index (χ0) is 19.3. The van der Waals surface area contributed by atoms with Gasteiger partial charge in [0.1, 0.15) is 11.6 Å². The molecule has 1 saturated heterocycles. The monoisotopic (exact) mass is 450 g/mol. The Hall–Kier alpha value is -1.38. The summed E-state index contributed by atoms with van der Waals surface area (Å²) in [6.45, 7) is 4.58. The van der Waals surface area contributed by atoms with Gasteiger partial charge in [0.25, 0.3) is 0 Å². The smallest absolute Gasteiger partial charge is 0.173 e. The van der Waals surface area contributed by atoms with Crippen LogP contribution < -0.4 is 10.6 Å². The van der Waals surface area contributed by atoms with Crippen LogP contribution in [0.2, 0.25) is 0 Å². The zero-order valence-electron chi connectivity index (χ0n) is 16.4. The van der Waals surface area contributed by atoms with E-state index < -0.39 is 0 Å². The van der Waals surface area contributed by atoms with E-state index in [0.29, 0.717) is 5.92 Å². The maximum Gasteiger partial charge on any atom is 0.173 e. The van der Waals surface area contributed by atoms with Crippen LogP contribution in [0.15, 0.2) is 16.7 Å². The molecule has 2 fully saturated rings. The molecule has 2 aromatic rings. The van der Waals surface area contributed by atoms with Gasteiger partial charge >= 0.3 is 0 Å². The Morgan fingerprint density at radius 2 is 1.96 bits per heavy atom. The van der Waals surface area contributed by atoms with Gasteiger partial charge in [-0.2, -0.15) is 9.61 Å². The fourth-order valence-electron chi connectivity index (χ4n) is 4.47. The Morgan fingerprint density at radius 3 is 2.79 bits per heavy atom. The number of aliphatic hydroxyl groups excluding tert-OH is 1. The minimum absolute atomic E-state index is 0.233. The highest BCUT2D eigenvalue weighted by atomic mass is 79.9. The lowest BCUT2D eigenvalue weighted by Crippen LogP contribution is -2.35. The number of fused-ring (bicyclic) bond motifs is 1. The van der Waals surface area contributed by atoms with Crippen molar-refractivity contribution in [1.82, 2.24) is 19.5 Å². The summed E-state index contributed by atoms with van der Waals surface area (Å²) in [5.41, 5.74) is 0.807. The lowest BCUT2D eigenvalue weighted by atomic mass is 9.85. The Kier molecular flexibility index (Phi) is 6.69. The van der Waals surface area contributed by atoms with Gasteiger partial charge in [0.2, 0.25) is 0 Å². The summed E-state index contributed by atoms with van der Waals surface area (Å²) < 4.78 is 2.74. The van der Waals surface area contributed by atoms with Crippen LogP contribution in [0.4, 0.5) is 11.6 Å². The van der Waals surface area contributed by atoms with Crippen LogP contribution in [0.3, 0.4) is 0 Å². The van der Waals surface area contributed by atoms with E-state index in [2.05, 4.69) is 36.6 Å². The first-order valence-corrected chi connectivity index (χ1v) is 11.4. The summed E-state index contributed by atoms with van der Waals surface area (Å²) in [5, 5.41) is 21.3. The van der Waals surface area contributed by atoms with Gasteiger partial charge in [-0.1, -0.05) is 19.3 Å². The van der Waals surface area contributed by atoms with Gasteiger partial charge < -0.3 is 20.6 Å². The van der Waals surface area contributed by atoms with Gasteiger partial charge in [-0.25, -0.2) is 4.98 Å². The molecule has 7 nitrogen and oxygen atoms in total. The molecule has 3 N–H and O–H groups in total. The number of halogens is 1. The molecule has 154 valence electrons. The molecule has 0 unspecified atom stereocenters. The fraction of sp³-hybridized carbons (Fsp3) is 0.700. The number of nitrogens with zero attached hydrogens (tertiary/aromatic N) is 4. The van der Waals surface area contributed by atoms with Crippen LogP contribution in [0.5, 0.6) is 0 Å². The number of aliphatic hydroxyl groups is 1. The van der Waals surface area contributed by atoms with E-state index in [1.54, 1.807) is 6.20 Å². The molecule has 0 radical (unpaired) electrons. The third kappa shape index (κ3) is 4.60. The van der Waals surface area contributed by atoms with E-state index in [-0.39, 0.29) is 12.6 Å². The number of aromatic nitrogens is 3. The summed E-state index contributed by atoms with van der Waals surface area (Å²) in [6, 6.07) is 2.32. The minimum Gasteiger partial charge on any atom is -0.396 e. The first-order valence-electron chi connectivity index (χ1n) is 10.6. The third-order valence-corrected chi connectivity index (χ3v) is 6.65. The second-order valence-electron chi connectivity index (χ2n) is 8.06. The van der Waals surface area contributed by atoms with Gasteiger partial charge in [0.15, 0.2) is 5.65 Å². The summed E-state index contributed by atoms with van der Waals surface area (Å²) >= 11 is 3.57. The quantitative estimate of drug-likeness (QED) is 0.600. The predicted octanol–water partition coefficient (Wildman–Crippen LogP) is 3.35. The van der Waals surface area contributed by atoms with Crippen molar-refractivity contribution in [2.45, 2.75) is 51.0 Å². The molecule has 4 rings (SSSR count). The van der Waals surface area contributed by atoms with Crippen LogP contribution in [-0.2, 0) is 0 Å². The summed E-state index contributed by atoms with van der Waals surface area (Å²) in [6.07, 6.45) is 10.3. The minimum atomic E-state index is 0.233. The molecule has 2 atom stereocenters. The SMILES string of the molecule is OC[C@@H]1CCCC[C@@H]1Nc1cc(NCCN2CCCCC2)n2ncc(Br)c2n1. The van der Waals surface area contributed by atoms with Crippen LogP contribution in [0.25, 0.3) is 5.65 Å². The van der Waals surface area contributed by atoms with Crippen molar-refractivity contribution in [3.63, 3.8) is 0 Å². The number of hydrogen-bond donors (Lipinski definition) is 3. The van der Waals surface area contributed by atoms with E-state index in [1.165, 1.54) is 45.2 Å². The van der Waals surface area contributed by atoms with Crippen molar-refractivity contribution >= 4 is 33.2 Å². The van der Waals surface area contributed by atoms with E-state index in [0.717, 1.165) is 47.7 Å². The Morgan fingerprint density at radius 1 is 1.14 bits per heavy atom. The number of nitrogens with one attached hydrogen (secondary N) is 2. The number of piperidine rings is 1. The molecule has 0 bridgehead atoms. The zero-order valence-corrected chi connectivity index (χ0v) is 18.0. The van der Waals surface area contributed by atoms with Crippen molar-refractivity contribution in [3.8, 4) is 0 Å². The Bertz CT molecular complexity index is 775. The molecule has 1 aliphatic carbocycles. The Balaban J connectivity index is 1.48. The predicted molar refractivity (Wildman–Crippen MR) is 116 cm³/mol. The molecule has 1 aliphatic heterocycles. The summed E-state index contributed by atoms with van der Waals surface area (Å²) in [5.74, 6) is 2.10. The topological polar surface area (TPSA) is 77.7 Å². The first kappa shape index (κ1) is 19.9. The first-order chi connectivity index (χ1) is 13.7. The third-order valence-electron chi connectivity index (χ3n) is 6.09. The highest BCUT2D eigenvalue weighted by Crippen LogP contribution is 2.28. The fourth-order valence-corrected chi connectivity index (χ4v) is 4.82. The highest BCUT2D eigenvalue weighted by molar-refractivity contribution is 9.10. The van der Waals surface area contributed by atoms with Crippen molar-refractivity contribution in [2.24, 2.45) is 5.92 Å². The number of likely N-dealkylation sites (tertiary alicyclic amines) is 1. The van der Waals surface area contributed by atoms with Crippen LogP contribution >= 0.6 is 15.9 Å². The molecule has 28 heavy (non-hydrogen) atoms. The molecule has 0 spiro atoms. The van der Waals surface area contributed by atoms with Crippen molar-refractivity contribution < 1.29 is 5.11 Å². The van der Waals surface area contributed by atoms with Gasteiger partial charge in [-0.15, -0.1) is 0 Å². The summed E-state index contributed by atoms with van der Waals surface area (Å²) in [7, 11) is 0. The molecule has 0 amide bonds.